The van der Waals surface area contributed by atoms with E-state index in [1.807, 2.05) is 0 Å². The molecule has 0 aliphatic carbocycles. The van der Waals surface area contributed by atoms with Crippen molar-refractivity contribution in [2.75, 3.05) is 6.61 Å². The van der Waals surface area contributed by atoms with Gasteiger partial charge in [0.1, 0.15) is 6.10 Å². The predicted molar refractivity (Wildman–Crippen MR) is 95.2 cm³/mol. The van der Waals surface area contributed by atoms with E-state index in [-0.39, 0.29) is 6.61 Å². The van der Waals surface area contributed by atoms with Crippen LogP contribution < -0.4 is 0 Å². The summed E-state index contributed by atoms with van der Waals surface area (Å²) in [6, 6.07) is 3.23. The van der Waals surface area contributed by atoms with Crippen LogP contribution in [0, 0.1) is 12.3 Å². The first-order chi connectivity index (χ1) is 10.0. The zero-order valence-corrected chi connectivity index (χ0v) is 15.6. The lowest BCUT2D eigenvalue weighted by molar-refractivity contribution is 0.104. The number of aliphatic hydroxyl groups is 2. The molecule has 2 atom stereocenters. The van der Waals surface area contributed by atoms with Crippen molar-refractivity contribution in [3.63, 3.8) is 0 Å². The van der Waals surface area contributed by atoms with E-state index in [1.165, 1.54) is 25.7 Å². The van der Waals surface area contributed by atoms with E-state index in [0.717, 1.165) is 31.0 Å². The molecule has 0 fully saturated rings. The van der Waals surface area contributed by atoms with Gasteiger partial charge in [-0.15, -0.1) is 6.42 Å². The summed E-state index contributed by atoms with van der Waals surface area (Å²) in [4.78, 5) is 0. The van der Waals surface area contributed by atoms with Gasteiger partial charge in [0.25, 0.3) is 0 Å². The molecular weight excluding hydrogens is 276 g/mol. The van der Waals surface area contributed by atoms with Gasteiger partial charge in [-0.2, -0.15) is 0 Å². The van der Waals surface area contributed by atoms with Gasteiger partial charge >= 0.3 is 0 Å². The summed E-state index contributed by atoms with van der Waals surface area (Å²) in [6.07, 6.45) is 11.6. The molecule has 0 aromatic heterocycles. The summed E-state index contributed by atoms with van der Waals surface area (Å²) < 4.78 is 0. The maximum absolute atomic E-state index is 10.5. The van der Waals surface area contributed by atoms with Crippen LogP contribution in [-0.2, 0) is 0 Å². The van der Waals surface area contributed by atoms with E-state index in [4.69, 9.17) is 6.42 Å². The monoisotopic (exact) mass is 312 g/mol. The van der Waals surface area contributed by atoms with Crippen molar-refractivity contribution in [2.45, 2.75) is 95.5 Å². The van der Waals surface area contributed by atoms with Gasteiger partial charge in [-0.25, -0.2) is 0 Å². The van der Waals surface area contributed by atoms with Crippen LogP contribution in [0.4, 0.5) is 0 Å². The van der Waals surface area contributed by atoms with Crippen molar-refractivity contribution in [2.24, 2.45) is 0 Å². The van der Waals surface area contributed by atoms with Gasteiger partial charge in [0.05, 0.1) is 8.07 Å². The fourth-order valence-electron chi connectivity index (χ4n) is 4.03. The van der Waals surface area contributed by atoms with Crippen LogP contribution in [0.15, 0.2) is 0 Å². The highest BCUT2D eigenvalue weighted by atomic mass is 28.3. The maximum Gasteiger partial charge on any atom is 0.119 e. The summed E-state index contributed by atoms with van der Waals surface area (Å²) >= 11 is 0. The average Bonchev–Trinajstić information content (AvgIpc) is 2.53. The Labute approximate surface area is 133 Å². The number of unbranched alkanes of at least 4 members (excludes halogenated alkanes) is 4. The lowest BCUT2D eigenvalue weighted by atomic mass is 9.94. The molecule has 3 heteroatoms. The molecule has 21 heavy (non-hydrogen) atoms. The molecule has 0 aromatic carbocycles. The van der Waals surface area contributed by atoms with Crippen LogP contribution in [0.2, 0.25) is 23.2 Å². The molecule has 0 saturated carbocycles. The highest BCUT2D eigenvalue weighted by Gasteiger charge is 2.52. The smallest absolute Gasteiger partial charge is 0.119 e. The highest BCUT2D eigenvalue weighted by molar-refractivity contribution is 6.82. The van der Waals surface area contributed by atoms with Gasteiger partial charge in [0, 0.05) is 11.6 Å². The highest BCUT2D eigenvalue weighted by Crippen LogP contribution is 2.51. The summed E-state index contributed by atoms with van der Waals surface area (Å²) in [5.74, 6) is 2.55. The molecule has 0 bridgehead atoms. The minimum atomic E-state index is -1.79. The van der Waals surface area contributed by atoms with Gasteiger partial charge in [-0.05, 0) is 6.42 Å². The van der Waals surface area contributed by atoms with E-state index >= 15 is 0 Å². The number of hydrogen-bond acceptors (Lipinski definition) is 2. The lowest BCUT2D eigenvalue weighted by Crippen LogP contribution is -2.54. The molecule has 0 aliphatic heterocycles. The fourth-order valence-corrected chi connectivity index (χ4v) is 9.35. The number of aliphatic hydroxyl groups excluding tert-OH is 2. The molecule has 0 aromatic rings. The fraction of sp³-hybridized carbons (Fsp3) is 0.889. The third-order valence-corrected chi connectivity index (χ3v) is 12.6. The molecule has 2 N–H and O–H groups in total. The number of hydrogen-bond donors (Lipinski definition) is 2. The minimum absolute atomic E-state index is 0.0356. The van der Waals surface area contributed by atoms with Gasteiger partial charge in [0.2, 0.25) is 0 Å². The van der Waals surface area contributed by atoms with Gasteiger partial charge in [0.15, 0.2) is 0 Å². The van der Waals surface area contributed by atoms with Crippen LogP contribution in [0.3, 0.4) is 0 Å². The summed E-state index contributed by atoms with van der Waals surface area (Å²) in [5.41, 5.74) is 0. The number of rotatable bonds is 12. The Hall–Kier alpha value is -0.303. The van der Waals surface area contributed by atoms with E-state index < -0.39 is 19.2 Å². The third-order valence-electron chi connectivity index (χ3n) is 5.78. The average molecular weight is 313 g/mol. The Morgan fingerprint density at radius 3 is 1.90 bits per heavy atom. The van der Waals surface area contributed by atoms with Crippen molar-refractivity contribution in [3.8, 4) is 12.3 Å². The summed E-state index contributed by atoms with van der Waals surface area (Å²) in [6.45, 7) is 8.88. The van der Waals surface area contributed by atoms with Crippen molar-refractivity contribution in [1.29, 1.82) is 0 Å². The Morgan fingerprint density at radius 2 is 1.52 bits per heavy atom. The van der Waals surface area contributed by atoms with Crippen molar-refractivity contribution >= 4 is 8.07 Å². The molecule has 0 unspecified atom stereocenters. The molecular formula is C18H36O2Si. The second kappa shape index (κ2) is 10.4. The second-order valence-corrected chi connectivity index (χ2v) is 12.1. The third kappa shape index (κ3) is 4.58. The van der Waals surface area contributed by atoms with Crippen LogP contribution >= 0.6 is 0 Å². The van der Waals surface area contributed by atoms with Crippen molar-refractivity contribution in [3.05, 3.63) is 0 Å². The van der Waals surface area contributed by atoms with E-state index in [2.05, 4.69) is 33.6 Å². The molecule has 0 spiro atoms. The topological polar surface area (TPSA) is 40.5 Å². The predicted octanol–water partition coefficient (Wildman–Crippen LogP) is 4.58. The van der Waals surface area contributed by atoms with Gasteiger partial charge in [-0.1, -0.05) is 83.9 Å². The Kier molecular flexibility index (Phi) is 10.3. The SMILES string of the molecule is C#C[C@H](O)[C@](CO)(CCCCCCC)[Si](CC)(CC)CC. The zero-order chi connectivity index (χ0) is 16.4. The van der Waals surface area contributed by atoms with Crippen molar-refractivity contribution in [1.82, 2.24) is 0 Å². The van der Waals surface area contributed by atoms with E-state index in [9.17, 15) is 10.2 Å². The molecule has 0 rings (SSSR count). The normalized spacial score (nSPS) is 16.2. The summed E-state index contributed by atoms with van der Waals surface area (Å²) in [5, 5.41) is 20.3. The van der Waals surface area contributed by atoms with E-state index in [0.29, 0.717) is 0 Å². The first-order valence-corrected chi connectivity index (χ1v) is 11.4. The first-order valence-electron chi connectivity index (χ1n) is 8.79. The molecule has 124 valence electrons. The standard InChI is InChI=1S/C18H36O2Si/c1-6-11-12-13-14-15-18(16-19,17(20)7-2)21(8-3,9-4)10-5/h2,17,19-20H,6,8-16H2,1,3-5H3/t17-,18+/m0/s1. The van der Waals surface area contributed by atoms with Crippen LogP contribution in [0.5, 0.6) is 0 Å². The van der Waals surface area contributed by atoms with Crippen LogP contribution in [-0.4, -0.2) is 31.0 Å². The molecule has 0 radical (unpaired) electrons. The minimum Gasteiger partial charge on any atom is -0.396 e. The maximum atomic E-state index is 10.5. The van der Waals surface area contributed by atoms with Gasteiger partial charge in [-0.3, -0.25) is 0 Å². The Morgan fingerprint density at radius 1 is 1.00 bits per heavy atom. The second-order valence-electron chi connectivity index (χ2n) is 6.39. The quantitative estimate of drug-likeness (QED) is 0.314. The Bertz CT molecular complexity index is 299. The van der Waals surface area contributed by atoms with Crippen molar-refractivity contribution < 1.29 is 10.2 Å². The molecule has 2 nitrogen and oxygen atoms in total. The Balaban J connectivity index is 5.22. The largest absolute Gasteiger partial charge is 0.396 e. The van der Waals surface area contributed by atoms with Gasteiger partial charge < -0.3 is 10.2 Å². The molecule has 0 amide bonds. The first kappa shape index (κ1) is 20.7. The zero-order valence-electron chi connectivity index (χ0n) is 14.6. The number of terminal acetylenes is 1. The molecule has 0 aliphatic rings. The molecule has 0 heterocycles. The summed E-state index contributed by atoms with van der Waals surface area (Å²) in [7, 11) is -1.79. The molecule has 0 saturated heterocycles. The van der Waals surface area contributed by atoms with Crippen LogP contribution in [0.1, 0.15) is 66.2 Å². The lowest BCUT2D eigenvalue weighted by Gasteiger charge is -2.49. The van der Waals surface area contributed by atoms with Crippen LogP contribution in [0.25, 0.3) is 0 Å². The van der Waals surface area contributed by atoms with E-state index in [1.54, 1.807) is 0 Å².